The van der Waals surface area contributed by atoms with E-state index in [1.54, 1.807) is 13.8 Å². The fourth-order valence-corrected chi connectivity index (χ4v) is 9.43. The molecular weight excluding hydrogens is 570 g/mol. The van der Waals surface area contributed by atoms with Crippen LogP contribution in [-0.2, 0) is 14.3 Å². The molecule has 11 heteroatoms. The largest absolute Gasteiger partial charge is 0.460 e. The van der Waals surface area contributed by atoms with E-state index < -0.39 is 74.1 Å². The van der Waals surface area contributed by atoms with Crippen LogP contribution in [-0.4, -0.2) is 50.6 Å². The molecule has 3 saturated carbocycles. The number of halogens is 2. The topological polar surface area (TPSA) is 124 Å². The number of rotatable bonds is 4. The number of ketones is 1. The molecule has 0 radical (unpaired) electrons. The molecule has 3 fully saturated rings. The summed E-state index contributed by atoms with van der Waals surface area (Å²) in [6, 6.07) is 5.73. The smallest absolute Gasteiger partial charge is 0.375 e. The van der Waals surface area contributed by atoms with Gasteiger partial charge in [-0.25, -0.2) is 13.6 Å². The lowest BCUT2D eigenvalue weighted by Crippen LogP contribution is -2.70. The molecule has 2 heterocycles. The van der Waals surface area contributed by atoms with Crippen LogP contribution in [0, 0.1) is 28.6 Å². The quantitative estimate of drug-likeness (QED) is 0.457. The molecule has 42 heavy (non-hydrogen) atoms. The van der Waals surface area contributed by atoms with Crippen molar-refractivity contribution in [1.29, 1.82) is 0 Å². The maximum Gasteiger partial charge on any atom is 0.375 e. The number of allylic oxidation sites excluding steroid dienone is 4. The Morgan fingerprint density at radius 1 is 1.07 bits per heavy atom. The van der Waals surface area contributed by atoms with E-state index in [9.17, 15) is 24.3 Å². The van der Waals surface area contributed by atoms with Crippen molar-refractivity contribution in [3.05, 3.63) is 72.1 Å². The van der Waals surface area contributed by atoms with Crippen LogP contribution in [0.3, 0.4) is 0 Å². The van der Waals surface area contributed by atoms with Crippen LogP contribution in [0.2, 0.25) is 0 Å². The lowest BCUT2D eigenvalue weighted by Gasteiger charge is -2.63. The molecule has 0 bridgehead atoms. The number of alkyl halides is 2. The van der Waals surface area contributed by atoms with Gasteiger partial charge in [0.2, 0.25) is 10.9 Å². The van der Waals surface area contributed by atoms with Crippen molar-refractivity contribution in [2.45, 2.75) is 63.6 Å². The van der Waals surface area contributed by atoms with Crippen LogP contribution in [0.25, 0.3) is 0 Å². The van der Waals surface area contributed by atoms with Gasteiger partial charge in [-0.1, -0.05) is 19.9 Å². The molecule has 9 atom stereocenters. The third-order valence-corrected chi connectivity index (χ3v) is 11.2. The van der Waals surface area contributed by atoms with E-state index in [2.05, 4.69) is 0 Å². The lowest BCUT2D eigenvalue weighted by molar-refractivity contribution is -0.221. The number of hydrogen-bond acceptors (Lipinski definition) is 9. The summed E-state index contributed by atoms with van der Waals surface area (Å²) >= 11 is 0.312. The zero-order valence-corrected chi connectivity index (χ0v) is 24.0. The van der Waals surface area contributed by atoms with Crippen molar-refractivity contribution in [1.82, 2.24) is 0 Å². The van der Waals surface area contributed by atoms with Gasteiger partial charge in [0.25, 0.3) is 5.12 Å². The predicted molar refractivity (Wildman–Crippen MR) is 146 cm³/mol. The average Bonchev–Trinajstić information content (AvgIpc) is 3.70. The Bertz CT molecular complexity index is 1510. The molecule has 4 aliphatic rings. The summed E-state index contributed by atoms with van der Waals surface area (Å²) < 4.78 is 49.9. The molecule has 0 saturated heterocycles. The first-order chi connectivity index (χ1) is 19.8. The first kappa shape index (κ1) is 28.8. The first-order valence-corrected chi connectivity index (χ1v) is 14.6. The van der Waals surface area contributed by atoms with Gasteiger partial charge in [-0.3, -0.25) is 14.4 Å². The molecule has 4 aliphatic carbocycles. The lowest BCUT2D eigenvalue weighted by atomic mass is 9.44. The average molecular weight is 601 g/mol. The van der Waals surface area contributed by atoms with Gasteiger partial charge < -0.3 is 18.7 Å². The molecule has 8 nitrogen and oxygen atoms in total. The molecule has 0 spiro atoms. The standard InChI is InChI=1S/C31H30F2O8S/c1-16-12-18-19-14-21(32)20-13-17(34)8-9-28(20,2)30(19,33)24(35)15-29(18,3)31(16,41-25(36)22-6-4-10-39-22)27(38)42-26(37)23-7-5-11-40-23/h4-11,13,16,18-19,21,24,35H,12,14-15H2,1-3H3/t16-,18?,19?,21+,24+,28+,29+,30+,31+/m1/s1. The monoisotopic (exact) mass is 600 g/mol. The Balaban J connectivity index is 1.46. The Morgan fingerprint density at radius 3 is 2.38 bits per heavy atom. The second kappa shape index (κ2) is 9.60. The van der Waals surface area contributed by atoms with E-state index in [1.165, 1.54) is 55.9 Å². The van der Waals surface area contributed by atoms with Gasteiger partial charge in [0.05, 0.1) is 18.6 Å². The van der Waals surface area contributed by atoms with Crippen LogP contribution >= 0.6 is 11.8 Å². The molecule has 2 unspecified atom stereocenters. The van der Waals surface area contributed by atoms with E-state index in [0.29, 0.717) is 11.8 Å². The van der Waals surface area contributed by atoms with Gasteiger partial charge in [0, 0.05) is 22.7 Å². The Hall–Kier alpha value is -3.31. The molecule has 2 aromatic rings. The first-order valence-electron chi connectivity index (χ1n) is 13.8. The normalized spacial score (nSPS) is 40.5. The molecular formula is C31H30F2O8S. The number of aliphatic hydroxyl groups excluding tert-OH is 1. The molecule has 2 aromatic heterocycles. The van der Waals surface area contributed by atoms with Gasteiger partial charge in [-0.05, 0) is 85.9 Å². The van der Waals surface area contributed by atoms with Crippen molar-refractivity contribution >= 4 is 33.7 Å². The van der Waals surface area contributed by atoms with Gasteiger partial charge in [0.15, 0.2) is 22.8 Å². The maximum absolute atomic E-state index is 17.6. The van der Waals surface area contributed by atoms with Crippen LogP contribution in [0.1, 0.15) is 61.1 Å². The summed E-state index contributed by atoms with van der Waals surface area (Å²) in [6.07, 6.45) is 2.26. The van der Waals surface area contributed by atoms with Crippen LogP contribution in [0.4, 0.5) is 8.78 Å². The van der Waals surface area contributed by atoms with Crippen molar-refractivity contribution in [3.8, 4) is 0 Å². The van der Waals surface area contributed by atoms with E-state index in [-0.39, 0.29) is 36.4 Å². The molecule has 0 amide bonds. The Morgan fingerprint density at radius 2 is 1.74 bits per heavy atom. The van der Waals surface area contributed by atoms with Gasteiger partial charge in [-0.2, -0.15) is 0 Å². The van der Waals surface area contributed by atoms with Gasteiger partial charge in [0.1, 0.15) is 6.17 Å². The zero-order chi connectivity index (χ0) is 30.2. The zero-order valence-electron chi connectivity index (χ0n) is 23.2. The molecule has 6 rings (SSSR count). The number of esters is 1. The number of carbonyl (C=O) groups is 4. The number of furan rings is 2. The number of aliphatic hydroxyl groups is 1. The maximum atomic E-state index is 17.6. The summed E-state index contributed by atoms with van der Waals surface area (Å²) in [4.78, 5) is 52.8. The third-order valence-electron chi connectivity index (χ3n) is 10.4. The van der Waals surface area contributed by atoms with Crippen LogP contribution in [0.5, 0.6) is 0 Å². The summed E-state index contributed by atoms with van der Waals surface area (Å²) in [5.74, 6) is -4.28. The molecule has 0 aliphatic heterocycles. The fraction of sp³-hybridized carbons (Fsp3) is 0.484. The second-order valence-electron chi connectivity index (χ2n) is 12.3. The fourth-order valence-electron chi connectivity index (χ4n) is 8.41. The predicted octanol–water partition coefficient (Wildman–Crippen LogP) is 5.43. The summed E-state index contributed by atoms with van der Waals surface area (Å²) in [5.41, 5.74) is -7.44. The highest BCUT2D eigenvalue weighted by Gasteiger charge is 2.78. The number of thioether (sulfide) groups is 1. The summed E-state index contributed by atoms with van der Waals surface area (Å²) in [7, 11) is 0. The summed E-state index contributed by atoms with van der Waals surface area (Å²) in [6.45, 7) is 4.79. The number of carbonyl (C=O) groups excluding carboxylic acids is 4. The number of fused-ring (bicyclic) bond motifs is 5. The van der Waals surface area contributed by atoms with Gasteiger partial charge >= 0.3 is 5.97 Å². The van der Waals surface area contributed by atoms with Gasteiger partial charge in [-0.15, -0.1) is 0 Å². The number of ether oxygens (including phenoxy) is 1. The van der Waals surface area contributed by atoms with Crippen LogP contribution in [0.15, 0.2) is 69.4 Å². The number of hydrogen-bond donors (Lipinski definition) is 1. The van der Waals surface area contributed by atoms with Crippen molar-refractivity contribution < 1.29 is 46.6 Å². The van der Waals surface area contributed by atoms with Crippen molar-refractivity contribution in [3.63, 3.8) is 0 Å². The minimum atomic E-state index is -2.39. The van der Waals surface area contributed by atoms with Crippen molar-refractivity contribution in [2.75, 3.05) is 0 Å². The van der Waals surface area contributed by atoms with Crippen LogP contribution < -0.4 is 0 Å². The van der Waals surface area contributed by atoms with E-state index >= 15 is 8.78 Å². The molecule has 222 valence electrons. The highest BCUT2D eigenvalue weighted by molar-refractivity contribution is 8.26. The Labute approximate surface area is 244 Å². The molecule has 1 N–H and O–H groups in total. The molecule has 0 aromatic carbocycles. The SMILES string of the molecule is C[C@@H]1CC2C3C[C@H](F)C4=CC(=O)C=C[C@]4(C)[C@@]3(F)[C@@H](O)C[C@]2(C)[C@@]1(OC(=O)c1ccco1)C(=O)SC(=O)c1ccco1. The third kappa shape index (κ3) is 3.68. The van der Waals surface area contributed by atoms with E-state index in [4.69, 9.17) is 13.6 Å². The van der Waals surface area contributed by atoms with E-state index in [1.807, 2.05) is 0 Å². The minimum absolute atomic E-state index is 0.0198. The van der Waals surface area contributed by atoms with E-state index in [0.717, 1.165) is 6.08 Å². The highest BCUT2D eigenvalue weighted by Crippen LogP contribution is 2.72. The highest BCUT2D eigenvalue weighted by atomic mass is 32.2. The van der Waals surface area contributed by atoms with Crippen molar-refractivity contribution in [2.24, 2.45) is 28.6 Å². The Kier molecular flexibility index (Phi) is 6.58. The summed E-state index contributed by atoms with van der Waals surface area (Å²) in [5, 5.41) is 10.2. The second-order valence-corrected chi connectivity index (χ2v) is 13.2. The minimum Gasteiger partial charge on any atom is -0.460 e.